The quantitative estimate of drug-likeness (QED) is 0.615. The third-order valence-corrected chi connectivity index (χ3v) is 3.88. The molecule has 2 aromatic carbocycles. The van der Waals surface area contributed by atoms with Crippen molar-refractivity contribution in [2.24, 2.45) is 0 Å². The van der Waals surface area contributed by atoms with Crippen LogP contribution in [0.5, 0.6) is 0 Å². The average Bonchev–Trinajstić information content (AvgIpc) is 3.37. The Hall–Kier alpha value is -3.74. The van der Waals surface area contributed by atoms with Crippen molar-refractivity contribution in [2.75, 3.05) is 5.32 Å². The third-order valence-electron chi connectivity index (χ3n) is 3.88. The molecule has 1 N–H and O–H groups in total. The highest BCUT2D eigenvalue weighted by atomic mass is 19.1. The number of benzene rings is 2. The number of hydrogen-bond acceptors (Lipinski definition) is 3. The number of nitrogens with one attached hydrogen (secondary N) is 1. The van der Waals surface area contributed by atoms with Gasteiger partial charge in [0.15, 0.2) is 0 Å². The average molecular weight is 347 g/mol. The van der Waals surface area contributed by atoms with Crippen LogP contribution in [0.2, 0.25) is 0 Å². The normalized spacial score (nSPS) is 10.7. The number of carbonyl (C=O) groups is 1. The number of para-hydroxylation sites is 1. The third kappa shape index (κ3) is 2.98. The minimum Gasteiger partial charge on any atom is -0.318 e. The fourth-order valence-corrected chi connectivity index (χ4v) is 2.61. The molecule has 4 rings (SSSR count). The first-order valence-corrected chi connectivity index (χ1v) is 7.92. The van der Waals surface area contributed by atoms with E-state index in [0.717, 1.165) is 5.69 Å². The molecule has 6 nitrogen and oxygen atoms in total. The molecule has 0 aliphatic heterocycles. The zero-order valence-corrected chi connectivity index (χ0v) is 13.6. The van der Waals surface area contributed by atoms with E-state index in [0.29, 0.717) is 11.3 Å². The van der Waals surface area contributed by atoms with Crippen molar-refractivity contribution in [3.05, 3.63) is 90.8 Å². The van der Waals surface area contributed by atoms with Gasteiger partial charge in [-0.1, -0.05) is 6.07 Å². The Morgan fingerprint density at radius 2 is 1.58 bits per heavy atom. The highest BCUT2D eigenvalue weighted by molar-refractivity contribution is 6.05. The maximum atomic E-state index is 14.3. The first-order chi connectivity index (χ1) is 12.7. The van der Waals surface area contributed by atoms with Gasteiger partial charge in [0.1, 0.15) is 11.5 Å². The SMILES string of the molecule is O=C(Nc1c(F)cccc1-n1cccn1)c1ccc(-n2cccn2)cc1. The molecule has 0 unspecified atom stereocenters. The van der Waals surface area contributed by atoms with Crippen LogP contribution < -0.4 is 5.32 Å². The monoisotopic (exact) mass is 347 g/mol. The molecule has 26 heavy (non-hydrogen) atoms. The van der Waals surface area contributed by atoms with Crippen LogP contribution in [0.25, 0.3) is 11.4 Å². The summed E-state index contributed by atoms with van der Waals surface area (Å²) in [5.41, 5.74) is 1.78. The van der Waals surface area contributed by atoms with Crippen LogP contribution in [-0.4, -0.2) is 25.5 Å². The Bertz CT molecular complexity index is 1020. The number of amides is 1. The van der Waals surface area contributed by atoms with Gasteiger partial charge in [-0.3, -0.25) is 4.79 Å². The van der Waals surface area contributed by atoms with Crippen molar-refractivity contribution < 1.29 is 9.18 Å². The molecule has 2 aromatic heterocycles. The summed E-state index contributed by atoms with van der Waals surface area (Å²) in [6.07, 6.45) is 6.76. The van der Waals surface area contributed by atoms with E-state index >= 15 is 0 Å². The summed E-state index contributed by atoms with van der Waals surface area (Å²) < 4.78 is 17.5. The van der Waals surface area contributed by atoms with Gasteiger partial charge in [0.05, 0.1) is 11.4 Å². The lowest BCUT2D eigenvalue weighted by Crippen LogP contribution is -2.15. The van der Waals surface area contributed by atoms with Crippen molar-refractivity contribution in [1.29, 1.82) is 0 Å². The van der Waals surface area contributed by atoms with Crippen molar-refractivity contribution in [2.45, 2.75) is 0 Å². The van der Waals surface area contributed by atoms with E-state index in [4.69, 9.17) is 0 Å². The lowest BCUT2D eigenvalue weighted by molar-refractivity contribution is 0.102. The molecule has 128 valence electrons. The molecule has 0 bridgehead atoms. The summed E-state index contributed by atoms with van der Waals surface area (Å²) in [5.74, 6) is -0.935. The first-order valence-electron chi connectivity index (χ1n) is 7.92. The number of carbonyl (C=O) groups excluding carboxylic acids is 1. The van der Waals surface area contributed by atoms with Gasteiger partial charge in [-0.2, -0.15) is 10.2 Å². The number of halogens is 1. The standard InChI is InChI=1S/C19H14FN5O/c20-16-4-1-5-17(25-13-3-11-22-25)18(16)23-19(26)14-6-8-15(9-7-14)24-12-2-10-21-24/h1-13H,(H,23,26). The van der Waals surface area contributed by atoms with E-state index < -0.39 is 11.7 Å². The summed E-state index contributed by atoms with van der Waals surface area (Å²) in [6, 6.07) is 15.0. The van der Waals surface area contributed by atoms with Crippen molar-refractivity contribution in [1.82, 2.24) is 19.6 Å². The highest BCUT2D eigenvalue weighted by Crippen LogP contribution is 2.24. The Morgan fingerprint density at radius 3 is 2.23 bits per heavy atom. The van der Waals surface area contributed by atoms with Crippen LogP contribution in [0.1, 0.15) is 10.4 Å². The predicted octanol–water partition coefficient (Wildman–Crippen LogP) is 3.45. The summed E-state index contributed by atoms with van der Waals surface area (Å²) in [4.78, 5) is 12.6. The van der Waals surface area contributed by atoms with Crippen molar-refractivity contribution in [3.8, 4) is 11.4 Å². The Labute approximate surface area is 148 Å². The topological polar surface area (TPSA) is 64.7 Å². The Morgan fingerprint density at radius 1 is 0.885 bits per heavy atom. The molecule has 0 spiro atoms. The van der Waals surface area contributed by atoms with Gasteiger partial charge in [-0.05, 0) is 48.5 Å². The van der Waals surface area contributed by atoms with Crippen LogP contribution in [-0.2, 0) is 0 Å². The fourth-order valence-electron chi connectivity index (χ4n) is 2.61. The van der Waals surface area contributed by atoms with Gasteiger partial charge in [0.25, 0.3) is 5.91 Å². The van der Waals surface area contributed by atoms with Crippen LogP contribution in [0.3, 0.4) is 0 Å². The van der Waals surface area contributed by atoms with Crippen molar-refractivity contribution in [3.63, 3.8) is 0 Å². The molecule has 0 saturated heterocycles. The Kier molecular flexibility index (Phi) is 4.03. The molecule has 0 atom stereocenters. The largest absolute Gasteiger partial charge is 0.318 e. The molecule has 0 saturated carbocycles. The van der Waals surface area contributed by atoms with Crippen LogP contribution in [0.15, 0.2) is 79.4 Å². The maximum Gasteiger partial charge on any atom is 0.255 e. The number of hydrogen-bond donors (Lipinski definition) is 1. The van der Waals surface area contributed by atoms with Gasteiger partial charge in [-0.25, -0.2) is 13.8 Å². The summed E-state index contributed by atoms with van der Waals surface area (Å²) in [5, 5.41) is 10.9. The van der Waals surface area contributed by atoms with Gasteiger partial charge in [0.2, 0.25) is 0 Å². The minimum absolute atomic E-state index is 0.0809. The molecule has 4 aromatic rings. The first kappa shape index (κ1) is 15.8. The number of rotatable bonds is 4. The van der Waals surface area contributed by atoms with Gasteiger partial charge in [-0.15, -0.1) is 0 Å². The minimum atomic E-state index is -0.528. The fraction of sp³-hybridized carbons (Fsp3) is 0. The second-order valence-electron chi connectivity index (χ2n) is 5.54. The predicted molar refractivity (Wildman–Crippen MR) is 95.0 cm³/mol. The number of anilines is 1. The maximum absolute atomic E-state index is 14.3. The van der Waals surface area contributed by atoms with Crippen molar-refractivity contribution >= 4 is 11.6 Å². The molecule has 0 aliphatic rings. The molecule has 7 heteroatoms. The molecule has 0 radical (unpaired) electrons. The second kappa shape index (κ2) is 6.64. The lowest BCUT2D eigenvalue weighted by Gasteiger charge is -2.12. The molecule has 0 fully saturated rings. The van der Waals surface area contributed by atoms with Crippen LogP contribution in [0, 0.1) is 5.82 Å². The summed E-state index contributed by atoms with van der Waals surface area (Å²) in [7, 11) is 0. The number of aromatic nitrogens is 4. The molecule has 2 heterocycles. The van der Waals surface area contributed by atoms with E-state index in [9.17, 15) is 9.18 Å². The van der Waals surface area contributed by atoms with Gasteiger partial charge >= 0.3 is 0 Å². The van der Waals surface area contributed by atoms with E-state index in [-0.39, 0.29) is 5.69 Å². The van der Waals surface area contributed by atoms with E-state index in [2.05, 4.69) is 15.5 Å². The van der Waals surface area contributed by atoms with E-state index in [1.165, 1.54) is 10.7 Å². The van der Waals surface area contributed by atoms with Crippen LogP contribution in [0.4, 0.5) is 10.1 Å². The van der Waals surface area contributed by atoms with Gasteiger partial charge in [0, 0.05) is 30.4 Å². The summed E-state index contributed by atoms with van der Waals surface area (Å²) in [6.45, 7) is 0. The molecular weight excluding hydrogens is 333 g/mol. The lowest BCUT2D eigenvalue weighted by atomic mass is 10.1. The zero-order chi connectivity index (χ0) is 17.9. The molecule has 1 amide bonds. The summed E-state index contributed by atoms with van der Waals surface area (Å²) >= 11 is 0. The highest BCUT2D eigenvalue weighted by Gasteiger charge is 2.15. The Balaban J connectivity index is 1.61. The zero-order valence-electron chi connectivity index (χ0n) is 13.6. The van der Waals surface area contributed by atoms with Crippen LogP contribution >= 0.6 is 0 Å². The second-order valence-corrected chi connectivity index (χ2v) is 5.54. The molecule has 0 aliphatic carbocycles. The van der Waals surface area contributed by atoms with E-state index in [1.807, 2.05) is 12.3 Å². The van der Waals surface area contributed by atoms with E-state index in [1.54, 1.807) is 65.7 Å². The van der Waals surface area contributed by atoms with Gasteiger partial charge < -0.3 is 5.32 Å². The smallest absolute Gasteiger partial charge is 0.255 e. The molecular formula is C19H14FN5O. The number of nitrogens with zero attached hydrogens (tertiary/aromatic N) is 4.